The molecule has 0 radical (unpaired) electrons. The Morgan fingerprint density at radius 1 is 1.36 bits per heavy atom. The largest absolute Gasteiger partial charge is 0.465 e. The molecule has 1 aliphatic heterocycles. The third-order valence-electron chi connectivity index (χ3n) is 4.45. The molecule has 1 unspecified atom stereocenters. The van der Waals surface area contributed by atoms with Crippen LogP contribution in [-0.2, 0) is 20.7 Å². The van der Waals surface area contributed by atoms with Crippen molar-refractivity contribution in [1.29, 1.82) is 0 Å². The standard InChI is InChI=1S/C18H21NO3/c1-18(7-6-16(20)19-11-18)12-22-17(21)10-13-8-14-4-2-3-5-15(14)9-13/h2-5,8H,6-7,9-12H2,1H3,(H,19,20). The number of amides is 1. The van der Waals surface area contributed by atoms with Gasteiger partial charge >= 0.3 is 5.97 Å². The molecule has 1 N–H and O–H groups in total. The van der Waals surface area contributed by atoms with Crippen molar-refractivity contribution < 1.29 is 14.3 Å². The molecule has 0 bridgehead atoms. The van der Waals surface area contributed by atoms with Crippen molar-refractivity contribution in [3.05, 3.63) is 41.0 Å². The van der Waals surface area contributed by atoms with Crippen LogP contribution in [0.1, 0.15) is 37.3 Å². The van der Waals surface area contributed by atoms with E-state index < -0.39 is 0 Å². The molecule has 0 aromatic heterocycles. The Morgan fingerprint density at radius 2 is 2.18 bits per heavy atom. The summed E-state index contributed by atoms with van der Waals surface area (Å²) in [6.07, 6.45) is 4.53. The van der Waals surface area contributed by atoms with Gasteiger partial charge in [0.15, 0.2) is 0 Å². The molecule has 1 heterocycles. The quantitative estimate of drug-likeness (QED) is 0.869. The van der Waals surface area contributed by atoms with Gasteiger partial charge in [0.1, 0.15) is 0 Å². The van der Waals surface area contributed by atoms with Crippen LogP contribution in [0, 0.1) is 5.41 Å². The lowest BCUT2D eigenvalue weighted by Gasteiger charge is -2.32. The zero-order valence-corrected chi connectivity index (χ0v) is 12.9. The summed E-state index contributed by atoms with van der Waals surface area (Å²) in [7, 11) is 0. The average molecular weight is 299 g/mol. The highest BCUT2D eigenvalue weighted by Gasteiger charge is 2.31. The van der Waals surface area contributed by atoms with Gasteiger partial charge in [-0.2, -0.15) is 0 Å². The van der Waals surface area contributed by atoms with Gasteiger partial charge in [-0.3, -0.25) is 9.59 Å². The Hall–Kier alpha value is -2.10. The van der Waals surface area contributed by atoms with E-state index in [4.69, 9.17) is 4.74 Å². The van der Waals surface area contributed by atoms with Gasteiger partial charge in [-0.25, -0.2) is 0 Å². The molecule has 1 saturated heterocycles. The number of carbonyl (C=O) groups is 2. The van der Waals surface area contributed by atoms with Crippen molar-refractivity contribution in [1.82, 2.24) is 5.32 Å². The molecular weight excluding hydrogens is 278 g/mol. The second-order valence-electron chi connectivity index (χ2n) is 6.60. The van der Waals surface area contributed by atoms with E-state index in [1.165, 1.54) is 11.1 Å². The molecule has 0 saturated carbocycles. The Balaban J connectivity index is 1.49. The molecule has 4 heteroatoms. The second-order valence-corrected chi connectivity index (χ2v) is 6.60. The van der Waals surface area contributed by atoms with E-state index in [0.717, 1.165) is 18.4 Å². The summed E-state index contributed by atoms with van der Waals surface area (Å²) < 4.78 is 5.45. The maximum atomic E-state index is 12.0. The lowest BCUT2D eigenvalue weighted by atomic mass is 9.83. The van der Waals surface area contributed by atoms with Crippen molar-refractivity contribution in [2.75, 3.05) is 13.2 Å². The topological polar surface area (TPSA) is 55.4 Å². The van der Waals surface area contributed by atoms with Gasteiger partial charge in [0, 0.05) is 18.4 Å². The maximum absolute atomic E-state index is 12.0. The van der Waals surface area contributed by atoms with Crippen LogP contribution < -0.4 is 5.32 Å². The summed E-state index contributed by atoms with van der Waals surface area (Å²) in [6.45, 7) is 2.99. The normalized spacial score (nSPS) is 23.5. The number of benzene rings is 1. The molecule has 1 fully saturated rings. The van der Waals surface area contributed by atoms with E-state index in [1.807, 2.05) is 19.1 Å². The SMILES string of the molecule is CC1(COC(=O)CC2=Cc3ccccc3C2)CCC(=O)NC1. The lowest BCUT2D eigenvalue weighted by molar-refractivity contribution is -0.147. The van der Waals surface area contributed by atoms with Crippen molar-refractivity contribution in [2.24, 2.45) is 5.41 Å². The van der Waals surface area contributed by atoms with Gasteiger partial charge in [-0.1, -0.05) is 42.8 Å². The molecule has 4 nitrogen and oxygen atoms in total. The van der Waals surface area contributed by atoms with E-state index in [-0.39, 0.29) is 17.3 Å². The fourth-order valence-corrected chi connectivity index (χ4v) is 2.98. The minimum absolute atomic E-state index is 0.0812. The molecule has 2 aliphatic rings. The Kier molecular flexibility index (Phi) is 4.01. The number of nitrogens with one attached hydrogen (secondary N) is 1. The van der Waals surface area contributed by atoms with Crippen LogP contribution in [0.4, 0.5) is 0 Å². The Labute approximate surface area is 130 Å². The first-order valence-electron chi connectivity index (χ1n) is 7.74. The predicted molar refractivity (Wildman–Crippen MR) is 84.0 cm³/mol. The van der Waals surface area contributed by atoms with Crippen molar-refractivity contribution in [3.8, 4) is 0 Å². The number of fused-ring (bicyclic) bond motifs is 1. The van der Waals surface area contributed by atoms with Crippen molar-refractivity contribution in [3.63, 3.8) is 0 Å². The summed E-state index contributed by atoms with van der Waals surface area (Å²) in [6, 6.07) is 8.19. The summed E-state index contributed by atoms with van der Waals surface area (Å²) >= 11 is 0. The van der Waals surface area contributed by atoms with Gasteiger partial charge in [0.2, 0.25) is 5.91 Å². The molecule has 1 aromatic rings. The molecule has 0 spiro atoms. The lowest BCUT2D eigenvalue weighted by Crippen LogP contribution is -2.44. The minimum Gasteiger partial charge on any atom is -0.465 e. The first-order chi connectivity index (χ1) is 10.5. The first-order valence-corrected chi connectivity index (χ1v) is 7.74. The molecule has 22 heavy (non-hydrogen) atoms. The number of carbonyl (C=O) groups excluding carboxylic acids is 2. The van der Waals surface area contributed by atoms with Crippen LogP contribution in [0.3, 0.4) is 0 Å². The number of hydrogen-bond acceptors (Lipinski definition) is 3. The smallest absolute Gasteiger partial charge is 0.309 e. The third-order valence-corrected chi connectivity index (χ3v) is 4.45. The summed E-state index contributed by atoms with van der Waals surface area (Å²) in [5.74, 6) is -0.102. The van der Waals surface area contributed by atoms with Crippen molar-refractivity contribution in [2.45, 2.75) is 32.6 Å². The number of esters is 1. The Bertz CT molecular complexity index is 623. The van der Waals surface area contributed by atoms with E-state index in [1.54, 1.807) is 0 Å². The monoisotopic (exact) mass is 299 g/mol. The third kappa shape index (κ3) is 3.38. The number of rotatable bonds is 4. The summed E-state index contributed by atoms with van der Waals surface area (Å²) in [5, 5.41) is 2.84. The molecule has 1 atom stereocenters. The van der Waals surface area contributed by atoms with E-state index in [2.05, 4.69) is 23.5 Å². The minimum atomic E-state index is -0.183. The molecular formula is C18H21NO3. The summed E-state index contributed by atoms with van der Waals surface area (Å²) in [4.78, 5) is 23.2. The van der Waals surface area contributed by atoms with E-state index in [0.29, 0.717) is 26.0 Å². The molecule has 1 amide bonds. The fraction of sp³-hybridized carbons (Fsp3) is 0.444. The van der Waals surface area contributed by atoms with Gasteiger partial charge in [0.25, 0.3) is 0 Å². The van der Waals surface area contributed by atoms with Crippen molar-refractivity contribution >= 4 is 18.0 Å². The zero-order chi connectivity index (χ0) is 15.6. The number of hydrogen-bond donors (Lipinski definition) is 1. The van der Waals surface area contributed by atoms with Crippen LogP contribution >= 0.6 is 0 Å². The molecule has 116 valence electrons. The second kappa shape index (κ2) is 5.95. The van der Waals surface area contributed by atoms with E-state index >= 15 is 0 Å². The van der Waals surface area contributed by atoms with Crippen LogP contribution in [0.25, 0.3) is 6.08 Å². The highest BCUT2D eigenvalue weighted by atomic mass is 16.5. The molecule has 1 aromatic carbocycles. The maximum Gasteiger partial charge on any atom is 0.309 e. The van der Waals surface area contributed by atoms with E-state index in [9.17, 15) is 9.59 Å². The number of ether oxygens (including phenoxy) is 1. The highest BCUT2D eigenvalue weighted by molar-refractivity contribution is 5.78. The predicted octanol–water partition coefficient (Wildman–Crippen LogP) is 2.48. The van der Waals surface area contributed by atoms with Gasteiger partial charge in [-0.05, 0) is 24.0 Å². The first kappa shape index (κ1) is 14.8. The van der Waals surface area contributed by atoms with Crippen LogP contribution in [0.5, 0.6) is 0 Å². The summed E-state index contributed by atoms with van der Waals surface area (Å²) in [5.41, 5.74) is 3.43. The average Bonchev–Trinajstić information content (AvgIpc) is 2.91. The van der Waals surface area contributed by atoms with Gasteiger partial charge < -0.3 is 10.1 Å². The zero-order valence-electron chi connectivity index (χ0n) is 12.9. The Morgan fingerprint density at radius 3 is 2.91 bits per heavy atom. The van der Waals surface area contributed by atoms with Crippen LogP contribution in [0.2, 0.25) is 0 Å². The van der Waals surface area contributed by atoms with Crippen LogP contribution in [0.15, 0.2) is 29.8 Å². The van der Waals surface area contributed by atoms with Crippen LogP contribution in [-0.4, -0.2) is 25.0 Å². The number of piperidine rings is 1. The fourth-order valence-electron chi connectivity index (χ4n) is 2.98. The van der Waals surface area contributed by atoms with Gasteiger partial charge in [-0.15, -0.1) is 0 Å². The highest BCUT2D eigenvalue weighted by Crippen LogP contribution is 2.28. The molecule has 1 aliphatic carbocycles. The van der Waals surface area contributed by atoms with Gasteiger partial charge in [0.05, 0.1) is 13.0 Å². The molecule has 3 rings (SSSR count).